The lowest BCUT2D eigenvalue weighted by Crippen LogP contribution is -2.33. The predicted octanol–water partition coefficient (Wildman–Crippen LogP) is 5.49. The molecule has 1 aromatic carbocycles. The van der Waals surface area contributed by atoms with Gasteiger partial charge in [-0.25, -0.2) is 9.97 Å². The number of rotatable bonds is 9. The number of aliphatic hydroxyl groups excluding tert-OH is 1. The van der Waals surface area contributed by atoms with Crippen LogP contribution in [0.4, 0.5) is 16.0 Å². The van der Waals surface area contributed by atoms with Crippen molar-refractivity contribution in [2.45, 2.75) is 46.0 Å². The number of nitrogens with one attached hydrogen (secondary N) is 1. The van der Waals surface area contributed by atoms with Crippen LogP contribution in [0, 0.1) is 30.5 Å². The highest BCUT2D eigenvalue weighted by molar-refractivity contribution is 7.15. The Kier molecular flexibility index (Phi) is 8.71. The minimum absolute atomic E-state index is 0.0127. The first-order valence-electron chi connectivity index (χ1n) is 12.5. The van der Waals surface area contributed by atoms with E-state index in [4.69, 9.17) is 9.47 Å². The Hall–Kier alpha value is -3.11. The van der Waals surface area contributed by atoms with Gasteiger partial charge in [-0.3, -0.25) is 4.79 Å². The lowest BCUT2D eigenvalue weighted by molar-refractivity contribution is -0.151. The van der Waals surface area contributed by atoms with E-state index >= 15 is 0 Å². The lowest BCUT2D eigenvalue weighted by Gasteiger charge is -2.35. The highest BCUT2D eigenvalue weighted by Crippen LogP contribution is 2.43. The second-order valence-corrected chi connectivity index (χ2v) is 10.6. The monoisotopic (exact) mass is 528 g/mol. The molecule has 1 aliphatic carbocycles. The third kappa shape index (κ3) is 6.24. The molecule has 1 aliphatic rings. The fourth-order valence-corrected chi connectivity index (χ4v) is 6.20. The van der Waals surface area contributed by atoms with Gasteiger partial charge in [0.15, 0.2) is 0 Å². The van der Waals surface area contributed by atoms with Crippen molar-refractivity contribution in [2.24, 2.45) is 17.8 Å². The molecule has 0 amide bonds. The van der Waals surface area contributed by atoms with Crippen LogP contribution < -0.4 is 10.1 Å². The summed E-state index contributed by atoms with van der Waals surface area (Å²) >= 11 is 1.57. The van der Waals surface area contributed by atoms with Crippen LogP contribution in [0.15, 0.2) is 30.6 Å². The molecule has 198 valence electrons. The predicted molar refractivity (Wildman–Crippen MR) is 141 cm³/mol. The van der Waals surface area contributed by atoms with Crippen LogP contribution in [0.3, 0.4) is 0 Å². The fraction of sp³-hybridized carbons (Fsp3) is 0.481. The van der Waals surface area contributed by atoms with Crippen LogP contribution in [0.5, 0.6) is 5.88 Å². The van der Waals surface area contributed by atoms with Crippen LogP contribution in [0.1, 0.15) is 49.6 Å². The van der Waals surface area contributed by atoms with Gasteiger partial charge >= 0.3 is 5.97 Å². The molecule has 0 spiro atoms. The number of nitrogens with zero attached hydrogens (tertiary/aromatic N) is 3. The summed E-state index contributed by atoms with van der Waals surface area (Å²) in [7, 11) is 1.35. The van der Waals surface area contributed by atoms with Crippen molar-refractivity contribution < 1.29 is 23.8 Å². The van der Waals surface area contributed by atoms with Crippen molar-refractivity contribution in [3.8, 4) is 16.3 Å². The minimum Gasteiger partial charge on any atom is -0.479 e. The quantitative estimate of drug-likeness (QED) is 0.351. The number of aromatic nitrogens is 3. The molecule has 0 aliphatic heterocycles. The second-order valence-electron chi connectivity index (χ2n) is 9.52. The smallest absolute Gasteiger partial charge is 0.309 e. The van der Waals surface area contributed by atoms with Crippen LogP contribution in [0.2, 0.25) is 0 Å². The Bertz CT molecular complexity index is 1240. The molecule has 4 atom stereocenters. The van der Waals surface area contributed by atoms with Crippen molar-refractivity contribution in [3.63, 3.8) is 0 Å². The Morgan fingerprint density at radius 3 is 2.78 bits per heavy atom. The number of aryl methyl sites for hydroxylation is 1. The molecule has 3 aromatic rings. The average Bonchev–Trinajstić information content (AvgIpc) is 3.35. The summed E-state index contributed by atoms with van der Waals surface area (Å²) in [4.78, 5) is 26.0. The number of hydrogen-bond acceptors (Lipinski definition) is 9. The van der Waals surface area contributed by atoms with E-state index in [1.165, 1.54) is 7.11 Å². The van der Waals surface area contributed by atoms with E-state index in [-0.39, 0.29) is 48.1 Å². The molecule has 0 bridgehead atoms. The topological polar surface area (TPSA) is 106 Å². The standard InChI is InChI=1S/C27H33FN4O4S/c1-5-36-26(34)20-7-6-17(10-16(20)3)21(14-33)25-29-13-23(37-25)18-8-15(2)9-19(11-18)31-27-30-12-22(28)24(32-27)35-4/h8-9,11-13,16-17,20-21,33H,5-7,10,14H2,1-4H3,(H,30,31,32). The van der Waals surface area contributed by atoms with Gasteiger partial charge in [-0.2, -0.15) is 9.37 Å². The number of carbonyl (C=O) groups excluding carboxylic acids is 1. The largest absolute Gasteiger partial charge is 0.479 e. The van der Waals surface area contributed by atoms with Crippen molar-refractivity contribution in [2.75, 3.05) is 25.6 Å². The Labute approximate surface area is 220 Å². The highest BCUT2D eigenvalue weighted by Gasteiger charge is 2.37. The van der Waals surface area contributed by atoms with Gasteiger partial charge in [0.05, 0.1) is 42.3 Å². The first-order valence-corrected chi connectivity index (χ1v) is 13.3. The van der Waals surface area contributed by atoms with Gasteiger partial charge in [0.25, 0.3) is 5.88 Å². The summed E-state index contributed by atoms with van der Waals surface area (Å²) in [6.45, 7) is 6.32. The molecule has 37 heavy (non-hydrogen) atoms. The molecule has 4 unspecified atom stereocenters. The van der Waals surface area contributed by atoms with E-state index in [9.17, 15) is 14.3 Å². The first-order chi connectivity index (χ1) is 17.8. The van der Waals surface area contributed by atoms with Gasteiger partial charge in [-0.1, -0.05) is 13.0 Å². The molecule has 2 aromatic heterocycles. The number of carbonyl (C=O) groups is 1. The summed E-state index contributed by atoms with van der Waals surface area (Å²) in [5.41, 5.74) is 2.74. The van der Waals surface area contributed by atoms with Crippen LogP contribution >= 0.6 is 11.3 Å². The number of benzene rings is 1. The lowest BCUT2D eigenvalue weighted by atomic mass is 9.71. The third-order valence-corrected chi connectivity index (χ3v) is 8.11. The molecule has 2 heterocycles. The number of anilines is 2. The maximum Gasteiger partial charge on any atom is 0.309 e. The van der Waals surface area contributed by atoms with E-state index in [2.05, 4.69) is 33.3 Å². The van der Waals surface area contributed by atoms with Crippen LogP contribution in [-0.2, 0) is 9.53 Å². The number of ether oxygens (including phenoxy) is 2. The molecule has 2 N–H and O–H groups in total. The summed E-state index contributed by atoms with van der Waals surface area (Å²) in [6, 6.07) is 5.98. The molecule has 1 saturated carbocycles. The number of hydrogen-bond donors (Lipinski definition) is 2. The molecular formula is C27H33FN4O4S. The maximum absolute atomic E-state index is 13.7. The zero-order chi connectivity index (χ0) is 26.5. The Balaban J connectivity index is 1.50. The zero-order valence-electron chi connectivity index (χ0n) is 21.5. The molecule has 10 heteroatoms. The number of halogens is 1. The number of methoxy groups -OCH3 is 1. The zero-order valence-corrected chi connectivity index (χ0v) is 22.3. The van der Waals surface area contributed by atoms with E-state index in [1.807, 2.05) is 32.2 Å². The van der Waals surface area contributed by atoms with Crippen molar-refractivity contribution >= 4 is 28.9 Å². The van der Waals surface area contributed by atoms with Gasteiger partial charge in [0.2, 0.25) is 11.8 Å². The molecular weight excluding hydrogens is 495 g/mol. The van der Waals surface area contributed by atoms with Crippen molar-refractivity contribution in [1.82, 2.24) is 15.0 Å². The Morgan fingerprint density at radius 2 is 2.08 bits per heavy atom. The SMILES string of the molecule is CCOC(=O)C1CCC(C(CO)c2ncc(-c3cc(C)cc(Nc4ncc(F)c(OC)n4)c3)s2)CC1C. The average molecular weight is 529 g/mol. The molecule has 0 saturated heterocycles. The number of thiazole rings is 1. The van der Waals surface area contributed by atoms with E-state index in [1.54, 1.807) is 11.3 Å². The summed E-state index contributed by atoms with van der Waals surface area (Å²) in [5.74, 6) is -0.339. The maximum atomic E-state index is 13.7. The molecule has 1 fully saturated rings. The normalized spacial score (nSPS) is 20.3. The van der Waals surface area contributed by atoms with E-state index in [0.717, 1.165) is 52.2 Å². The molecule has 8 nitrogen and oxygen atoms in total. The van der Waals surface area contributed by atoms with E-state index < -0.39 is 5.82 Å². The van der Waals surface area contributed by atoms with Gasteiger partial charge in [-0.05, 0) is 68.2 Å². The van der Waals surface area contributed by atoms with Crippen LogP contribution in [-0.4, -0.2) is 46.4 Å². The second kappa shape index (κ2) is 12.0. The molecule has 0 radical (unpaired) electrons. The first kappa shape index (κ1) is 26.9. The van der Waals surface area contributed by atoms with Gasteiger partial charge in [-0.15, -0.1) is 11.3 Å². The van der Waals surface area contributed by atoms with Crippen molar-refractivity contribution in [1.29, 1.82) is 0 Å². The fourth-order valence-electron chi connectivity index (χ4n) is 5.11. The number of aliphatic hydroxyl groups is 1. The number of esters is 1. The highest BCUT2D eigenvalue weighted by atomic mass is 32.1. The minimum atomic E-state index is -0.627. The summed E-state index contributed by atoms with van der Waals surface area (Å²) < 4.78 is 23.9. The van der Waals surface area contributed by atoms with Crippen LogP contribution in [0.25, 0.3) is 10.4 Å². The van der Waals surface area contributed by atoms with Gasteiger partial charge in [0.1, 0.15) is 0 Å². The molecule has 4 rings (SSSR count). The Morgan fingerprint density at radius 1 is 1.27 bits per heavy atom. The van der Waals surface area contributed by atoms with Gasteiger partial charge in [0, 0.05) is 17.8 Å². The van der Waals surface area contributed by atoms with Crippen molar-refractivity contribution in [3.05, 3.63) is 47.0 Å². The third-order valence-electron chi connectivity index (χ3n) is 6.93. The van der Waals surface area contributed by atoms with Gasteiger partial charge < -0.3 is 19.9 Å². The summed E-state index contributed by atoms with van der Waals surface area (Å²) in [6.07, 6.45) is 5.38. The van der Waals surface area contributed by atoms with E-state index in [0.29, 0.717) is 6.61 Å². The summed E-state index contributed by atoms with van der Waals surface area (Å²) in [5, 5.41) is 14.3.